The lowest BCUT2D eigenvalue weighted by Gasteiger charge is -2.24. The van der Waals surface area contributed by atoms with Crippen molar-refractivity contribution in [1.29, 1.82) is 0 Å². The molecule has 0 aromatic heterocycles. The molecule has 0 aliphatic rings. The van der Waals surface area contributed by atoms with Crippen LogP contribution in [0.4, 0.5) is 0 Å². The van der Waals surface area contributed by atoms with Gasteiger partial charge in [0, 0.05) is 18.6 Å². The number of benzene rings is 2. The molecular weight excluding hydrogens is 232 g/mol. The van der Waals surface area contributed by atoms with Crippen molar-refractivity contribution in [2.75, 3.05) is 20.6 Å². The smallest absolute Gasteiger partial charge is 0.0300 e. The number of likely N-dealkylation sites (N-methyl/N-ethyl adjacent to an activating group) is 1. The van der Waals surface area contributed by atoms with Gasteiger partial charge in [-0.25, -0.2) is 0 Å². The number of hydrogen-bond donors (Lipinski definition) is 1. The van der Waals surface area contributed by atoms with Gasteiger partial charge in [0.05, 0.1) is 0 Å². The maximum atomic E-state index is 3.68. The summed E-state index contributed by atoms with van der Waals surface area (Å²) in [5.74, 6) is 0. The number of hydrogen-bond acceptors (Lipinski definition) is 2. The van der Waals surface area contributed by atoms with Crippen molar-refractivity contribution in [2.45, 2.75) is 25.9 Å². The third-order valence-corrected chi connectivity index (χ3v) is 3.46. The molecule has 0 heterocycles. The Balaban J connectivity index is 2.19. The van der Waals surface area contributed by atoms with E-state index in [9.17, 15) is 0 Å². The molecule has 0 radical (unpaired) electrons. The van der Waals surface area contributed by atoms with Gasteiger partial charge >= 0.3 is 0 Å². The molecule has 1 N–H and O–H groups in total. The number of rotatable bonds is 5. The summed E-state index contributed by atoms with van der Waals surface area (Å²) >= 11 is 0. The Labute approximate surface area is 116 Å². The van der Waals surface area contributed by atoms with E-state index in [-0.39, 0.29) is 0 Å². The zero-order valence-corrected chi connectivity index (χ0v) is 12.4. The van der Waals surface area contributed by atoms with Gasteiger partial charge in [-0.3, -0.25) is 0 Å². The third-order valence-electron chi connectivity index (χ3n) is 3.46. The fraction of sp³-hybridized carbons (Fsp3) is 0.412. The summed E-state index contributed by atoms with van der Waals surface area (Å²) in [5.41, 5.74) is 1.38. The summed E-state index contributed by atoms with van der Waals surface area (Å²) < 4.78 is 0. The van der Waals surface area contributed by atoms with Crippen molar-refractivity contribution < 1.29 is 0 Å². The molecule has 2 unspecified atom stereocenters. The van der Waals surface area contributed by atoms with Gasteiger partial charge in [-0.15, -0.1) is 0 Å². The zero-order valence-electron chi connectivity index (χ0n) is 12.4. The highest BCUT2D eigenvalue weighted by atomic mass is 15.1. The van der Waals surface area contributed by atoms with Gasteiger partial charge in [-0.2, -0.15) is 0 Å². The molecule has 2 nitrogen and oxygen atoms in total. The van der Waals surface area contributed by atoms with Gasteiger partial charge in [0.25, 0.3) is 0 Å². The molecule has 2 atom stereocenters. The second-order valence-corrected chi connectivity index (χ2v) is 5.62. The molecule has 0 amide bonds. The summed E-state index contributed by atoms with van der Waals surface area (Å²) in [7, 11) is 4.22. The standard InChI is InChI=1S/C17H24N2/c1-13(12-19(3)4)18-14(2)16-11-7-9-15-8-5-6-10-17(15)16/h5-11,13-14,18H,12H2,1-4H3. The van der Waals surface area contributed by atoms with Crippen LogP contribution in [0.1, 0.15) is 25.5 Å². The average molecular weight is 256 g/mol. The summed E-state index contributed by atoms with van der Waals surface area (Å²) in [5, 5.41) is 6.34. The van der Waals surface area contributed by atoms with Crippen LogP contribution in [-0.4, -0.2) is 31.6 Å². The van der Waals surface area contributed by atoms with E-state index in [1.165, 1.54) is 16.3 Å². The van der Waals surface area contributed by atoms with Crippen molar-refractivity contribution in [1.82, 2.24) is 10.2 Å². The summed E-state index contributed by atoms with van der Waals surface area (Å²) in [6, 6.07) is 16.0. The minimum Gasteiger partial charge on any atom is -0.308 e. The van der Waals surface area contributed by atoms with Crippen molar-refractivity contribution in [2.24, 2.45) is 0 Å². The van der Waals surface area contributed by atoms with E-state index in [2.05, 4.69) is 80.6 Å². The summed E-state index contributed by atoms with van der Waals surface area (Å²) in [6.45, 7) is 5.53. The van der Waals surface area contributed by atoms with Gasteiger partial charge in [0.2, 0.25) is 0 Å². The lowest BCUT2D eigenvalue weighted by Crippen LogP contribution is -2.37. The second kappa shape index (κ2) is 6.18. The highest BCUT2D eigenvalue weighted by Gasteiger charge is 2.12. The first kappa shape index (κ1) is 14.0. The van der Waals surface area contributed by atoms with Crippen molar-refractivity contribution in [3.05, 3.63) is 48.0 Å². The predicted molar refractivity (Wildman–Crippen MR) is 83.5 cm³/mol. The number of fused-ring (bicyclic) bond motifs is 1. The van der Waals surface area contributed by atoms with Crippen LogP contribution >= 0.6 is 0 Å². The zero-order chi connectivity index (χ0) is 13.8. The van der Waals surface area contributed by atoms with Gasteiger partial charge in [-0.05, 0) is 44.3 Å². The van der Waals surface area contributed by atoms with Crippen LogP contribution in [0.5, 0.6) is 0 Å². The molecule has 0 fully saturated rings. The number of nitrogens with zero attached hydrogens (tertiary/aromatic N) is 1. The monoisotopic (exact) mass is 256 g/mol. The van der Waals surface area contributed by atoms with E-state index in [4.69, 9.17) is 0 Å². The first-order chi connectivity index (χ1) is 9.08. The Kier molecular flexibility index (Phi) is 4.56. The fourth-order valence-corrected chi connectivity index (χ4v) is 2.75. The first-order valence-corrected chi connectivity index (χ1v) is 6.96. The van der Waals surface area contributed by atoms with Crippen LogP contribution in [-0.2, 0) is 0 Å². The minimum atomic E-state index is 0.362. The highest BCUT2D eigenvalue weighted by Crippen LogP contribution is 2.24. The molecule has 0 aliphatic heterocycles. The fourth-order valence-electron chi connectivity index (χ4n) is 2.75. The Bertz CT molecular complexity index is 528. The molecule has 0 saturated heterocycles. The molecule has 2 rings (SSSR count). The van der Waals surface area contributed by atoms with E-state index < -0.39 is 0 Å². The largest absolute Gasteiger partial charge is 0.308 e. The molecule has 2 heteroatoms. The molecule has 0 saturated carbocycles. The van der Waals surface area contributed by atoms with E-state index in [0.29, 0.717) is 12.1 Å². The number of nitrogens with one attached hydrogen (secondary N) is 1. The molecule has 2 aromatic carbocycles. The molecule has 2 aromatic rings. The molecule has 19 heavy (non-hydrogen) atoms. The normalized spacial score (nSPS) is 14.8. The maximum Gasteiger partial charge on any atom is 0.0300 e. The quantitative estimate of drug-likeness (QED) is 0.881. The second-order valence-electron chi connectivity index (χ2n) is 5.62. The predicted octanol–water partition coefficient (Wildman–Crippen LogP) is 3.44. The van der Waals surface area contributed by atoms with Crippen LogP contribution in [0, 0.1) is 0 Å². The van der Waals surface area contributed by atoms with Crippen LogP contribution in [0.25, 0.3) is 10.8 Å². The SMILES string of the molecule is CC(CN(C)C)NC(C)c1cccc2ccccc12. The van der Waals surface area contributed by atoms with Crippen LogP contribution in [0.2, 0.25) is 0 Å². The molecule has 0 spiro atoms. The van der Waals surface area contributed by atoms with Gasteiger partial charge in [0.1, 0.15) is 0 Å². The highest BCUT2D eigenvalue weighted by molar-refractivity contribution is 5.86. The van der Waals surface area contributed by atoms with Crippen molar-refractivity contribution in [3.8, 4) is 0 Å². The van der Waals surface area contributed by atoms with Crippen LogP contribution < -0.4 is 5.32 Å². The van der Waals surface area contributed by atoms with Crippen LogP contribution in [0.3, 0.4) is 0 Å². The average Bonchev–Trinajstić information content (AvgIpc) is 2.36. The van der Waals surface area contributed by atoms with Crippen molar-refractivity contribution >= 4 is 10.8 Å². The Hall–Kier alpha value is -1.38. The Morgan fingerprint density at radius 1 is 1.00 bits per heavy atom. The van der Waals surface area contributed by atoms with Gasteiger partial charge < -0.3 is 10.2 Å². The molecule has 0 bridgehead atoms. The van der Waals surface area contributed by atoms with E-state index in [1.54, 1.807) is 0 Å². The summed E-state index contributed by atoms with van der Waals surface area (Å²) in [6.07, 6.45) is 0. The molecular formula is C17H24N2. The minimum absolute atomic E-state index is 0.362. The van der Waals surface area contributed by atoms with Gasteiger partial charge in [-0.1, -0.05) is 42.5 Å². The Morgan fingerprint density at radius 3 is 2.42 bits per heavy atom. The van der Waals surface area contributed by atoms with E-state index >= 15 is 0 Å². The molecule has 0 aliphatic carbocycles. The van der Waals surface area contributed by atoms with E-state index in [0.717, 1.165) is 6.54 Å². The summed E-state index contributed by atoms with van der Waals surface area (Å²) in [4.78, 5) is 2.22. The topological polar surface area (TPSA) is 15.3 Å². The third kappa shape index (κ3) is 3.55. The lowest BCUT2D eigenvalue weighted by atomic mass is 9.99. The van der Waals surface area contributed by atoms with Crippen molar-refractivity contribution in [3.63, 3.8) is 0 Å². The van der Waals surface area contributed by atoms with Gasteiger partial charge in [0.15, 0.2) is 0 Å². The lowest BCUT2D eigenvalue weighted by molar-refractivity contribution is 0.335. The Morgan fingerprint density at radius 2 is 1.68 bits per heavy atom. The molecule has 102 valence electrons. The van der Waals surface area contributed by atoms with Crippen LogP contribution in [0.15, 0.2) is 42.5 Å². The maximum absolute atomic E-state index is 3.68. The van der Waals surface area contributed by atoms with E-state index in [1.807, 2.05) is 0 Å². The first-order valence-electron chi connectivity index (χ1n) is 6.96.